The third-order valence-electron chi connectivity index (χ3n) is 2.29. The van der Waals surface area contributed by atoms with Crippen LogP contribution in [0.5, 0.6) is 0 Å². The van der Waals surface area contributed by atoms with Gasteiger partial charge in [0.25, 0.3) is 0 Å². The van der Waals surface area contributed by atoms with Crippen molar-refractivity contribution in [2.24, 2.45) is 0 Å². The van der Waals surface area contributed by atoms with E-state index in [4.69, 9.17) is 0 Å². The fourth-order valence-electron chi connectivity index (χ4n) is 1.47. The molecule has 0 aliphatic rings. The number of hydrogen-bond acceptors (Lipinski definition) is 3. The Balaban J connectivity index is 2.48. The van der Waals surface area contributed by atoms with E-state index >= 15 is 0 Å². The SMILES string of the molecule is CCc1ccsc1-c1nncn1CC. The Hall–Kier alpha value is -1.16. The average Bonchev–Trinajstić information content (AvgIpc) is 2.85. The summed E-state index contributed by atoms with van der Waals surface area (Å²) in [5.74, 6) is 0.999. The van der Waals surface area contributed by atoms with Crippen molar-refractivity contribution in [2.45, 2.75) is 26.8 Å². The van der Waals surface area contributed by atoms with Gasteiger partial charge in [0.05, 0.1) is 4.88 Å². The normalized spacial score (nSPS) is 10.7. The molecule has 0 amide bonds. The van der Waals surface area contributed by atoms with E-state index in [0.29, 0.717) is 0 Å². The molecule has 2 heterocycles. The first-order valence-corrected chi connectivity index (χ1v) is 5.69. The molecule has 0 saturated heterocycles. The van der Waals surface area contributed by atoms with Crippen LogP contribution in [0.3, 0.4) is 0 Å². The van der Waals surface area contributed by atoms with Gasteiger partial charge in [-0.25, -0.2) is 0 Å². The molecule has 0 aliphatic heterocycles. The van der Waals surface area contributed by atoms with Crippen molar-refractivity contribution in [3.8, 4) is 10.7 Å². The second kappa shape index (κ2) is 3.92. The third kappa shape index (κ3) is 1.46. The summed E-state index contributed by atoms with van der Waals surface area (Å²) in [5.41, 5.74) is 1.36. The van der Waals surface area contributed by atoms with E-state index in [1.807, 2.05) is 0 Å². The Morgan fingerprint density at radius 2 is 2.29 bits per heavy atom. The highest BCUT2D eigenvalue weighted by Crippen LogP contribution is 2.28. The summed E-state index contributed by atoms with van der Waals surface area (Å²) in [6, 6.07) is 2.16. The first kappa shape index (κ1) is 9.40. The molecule has 74 valence electrons. The molecule has 2 rings (SSSR count). The molecule has 2 aromatic heterocycles. The molecule has 0 fully saturated rings. The zero-order valence-corrected chi connectivity index (χ0v) is 9.21. The lowest BCUT2D eigenvalue weighted by Gasteiger charge is -2.02. The van der Waals surface area contributed by atoms with E-state index in [9.17, 15) is 0 Å². The Morgan fingerprint density at radius 3 is 3.00 bits per heavy atom. The van der Waals surface area contributed by atoms with E-state index in [0.717, 1.165) is 18.8 Å². The molecule has 2 aromatic rings. The first-order valence-electron chi connectivity index (χ1n) is 4.81. The van der Waals surface area contributed by atoms with E-state index in [2.05, 4.69) is 40.1 Å². The maximum atomic E-state index is 4.16. The van der Waals surface area contributed by atoms with Crippen LogP contribution in [0.4, 0.5) is 0 Å². The molecule has 0 aromatic carbocycles. The number of rotatable bonds is 3. The van der Waals surface area contributed by atoms with Crippen molar-refractivity contribution in [3.63, 3.8) is 0 Å². The molecule has 0 N–H and O–H groups in total. The molecular formula is C10H13N3S. The van der Waals surface area contributed by atoms with Gasteiger partial charge in [-0.2, -0.15) is 0 Å². The minimum absolute atomic E-state index is 0.920. The molecule has 0 atom stereocenters. The van der Waals surface area contributed by atoms with Crippen molar-refractivity contribution in [2.75, 3.05) is 0 Å². The second-order valence-corrected chi connectivity index (χ2v) is 3.99. The van der Waals surface area contributed by atoms with Gasteiger partial charge in [-0.3, -0.25) is 0 Å². The summed E-state index contributed by atoms with van der Waals surface area (Å²) in [4.78, 5) is 1.26. The number of nitrogens with zero attached hydrogens (tertiary/aromatic N) is 3. The van der Waals surface area contributed by atoms with Crippen LogP contribution >= 0.6 is 11.3 Å². The standard InChI is InChI=1S/C10H13N3S/c1-3-8-5-6-14-9(8)10-12-11-7-13(10)4-2/h5-7H,3-4H2,1-2H3. The summed E-state index contributed by atoms with van der Waals surface area (Å²) in [6.45, 7) is 5.19. The largest absolute Gasteiger partial charge is 0.313 e. The smallest absolute Gasteiger partial charge is 0.174 e. The number of hydrogen-bond donors (Lipinski definition) is 0. The molecule has 4 heteroatoms. The maximum Gasteiger partial charge on any atom is 0.174 e. The Morgan fingerprint density at radius 1 is 1.43 bits per heavy atom. The second-order valence-electron chi connectivity index (χ2n) is 3.07. The van der Waals surface area contributed by atoms with Crippen LogP contribution in [0.15, 0.2) is 17.8 Å². The summed E-state index contributed by atoms with van der Waals surface area (Å²) < 4.78 is 2.07. The lowest BCUT2D eigenvalue weighted by molar-refractivity contribution is 0.767. The summed E-state index contributed by atoms with van der Waals surface area (Å²) in [5, 5.41) is 10.2. The molecule has 0 radical (unpaired) electrons. The Kier molecular flexibility index (Phi) is 2.63. The van der Waals surface area contributed by atoms with Gasteiger partial charge >= 0.3 is 0 Å². The highest BCUT2D eigenvalue weighted by atomic mass is 32.1. The molecule has 14 heavy (non-hydrogen) atoms. The van der Waals surface area contributed by atoms with Crippen molar-refractivity contribution in [1.29, 1.82) is 0 Å². The van der Waals surface area contributed by atoms with Gasteiger partial charge in [-0.15, -0.1) is 21.5 Å². The topological polar surface area (TPSA) is 30.7 Å². The highest BCUT2D eigenvalue weighted by molar-refractivity contribution is 7.13. The molecule has 0 bridgehead atoms. The summed E-state index contributed by atoms with van der Waals surface area (Å²) in [6.07, 6.45) is 2.84. The monoisotopic (exact) mass is 207 g/mol. The van der Waals surface area contributed by atoms with Gasteiger partial charge in [0.2, 0.25) is 0 Å². The van der Waals surface area contributed by atoms with Crippen LogP contribution in [0.25, 0.3) is 10.7 Å². The van der Waals surface area contributed by atoms with Crippen LogP contribution in [0.2, 0.25) is 0 Å². The van der Waals surface area contributed by atoms with Crippen LogP contribution in [0.1, 0.15) is 19.4 Å². The fourth-order valence-corrected chi connectivity index (χ4v) is 2.47. The molecule has 0 aliphatic carbocycles. The van der Waals surface area contributed by atoms with Gasteiger partial charge in [0.15, 0.2) is 5.82 Å². The minimum atomic E-state index is 0.920. The highest BCUT2D eigenvalue weighted by Gasteiger charge is 2.11. The van der Waals surface area contributed by atoms with Crippen LogP contribution in [0, 0.1) is 0 Å². The van der Waals surface area contributed by atoms with Gasteiger partial charge in [-0.05, 0) is 30.4 Å². The van der Waals surface area contributed by atoms with E-state index in [1.54, 1.807) is 17.7 Å². The van der Waals surface area contributed by atoms with Gasteiger partial charge in [-0.1, -0.05) is 6.92 Å². The number of thiophene rings is 1. The van der Waals surface area contributed by atoms with Crippen molar-refractivity contribution < 1.29 is 0 Å². The van der Waals surface area contributed by atoms with Gasteiger partial charge in [0, 0.05) is 6.54 Å². The fraction of sp³-hybridized carbons (Fsp3) is 0.400. The maximum absolute atomic E-state index is 4.16. The number of aromatic nitrogens is 3. The molecule has 0 unspecified atom stereocenters. The first-order chi connectivity index (χ1) is 6.86. The van der Waals surface area contributed by atoms with E-state index < -0.39 is 0 Å². The molecular weight excluding hydrogens is 194 g/mol. The minimum Gasteiger partial charge on any atom is -0.313 e. The summed E-state index contributed by atoms with van der Waals surface area (Å²) >= 11 is 1.74. The van der Waals surface area contributed by atoms with Crippen molar-refractivity contribution >= 4 is 11.3 Å². The molecule has 0 saturated carbocycles. The molecule has 3 nitrogen and oxygen atoms in total. The summed E-state index contributed by atoms with van der Waals surface area (Å²) in [7, 11) is 0. The van der Waals surface area contributed by atoms with E-state index in [1.165, 1.54) is 10.4 Å². The van der Waals surface area contributed by atoms with Crippen LogP contribution < -0.4 is 0 Å². The van der Waals surface area contributed by atoms with Gasteiger partial charge < -0.3 is 4.57 Å². The van der Waals surface area contributed by atoms with Crippen LogP contribution in [-0.4, -0.2) is 14.8 Å². The Labute approximate surface area is 87.4 Å². The predicted octanol–water partition coefficient (Wildman–Crippen LogP) is 2.59. The quantitative estimate of drug-likeness (QED) is 0.774. The van der Waals surface area contributed by atoms with Crippen molar-refractivity contribution in [3.05, 3.63) is 23.3 Å². The van der Waals surface area contributed by atoms with Gasteiger partial charge in [0.1, 0.15) is 6.33 Å². The average molecular weight is 207 g/mol. The third-order valence-corrected chi connectivity index (χ3v) is 3.24. The van der Waals surface area contributed by atoms with E-state index in [-0.39, 0.29) is 0 Å². The zero-order chi connectivity index (χ0) is 9.97. The number of aryl methyl sites for hydroxylation is 2. The Bertz CT molecular complexity index is 376. The van der Waals surface area contributed by atoms with Crippen molar-refractivity contribution in [1.82, 2.24) is 14.8 Å². The molecule has 0 spiro atoms. The predicted molar refractivity (Wildman–Crippen MR) is 58.4 cm³/mol. The van der Waals surface area contributed by atoms with Crippen LogP contribution in [-0.2, 0) is 13.0 Å². The lowest BCUT2D eigenvalue weighted by Crippen LogP contribution is -1.96. The zero-order valence-electron chi connectivity index (χ0n) is 8.40. The lowest BCUT2D eigenvalue weighted by atomic mass is 10.2.